The second-order valence-corrected chi connectivity index (χ2v) is 5.49. The fourth-order valence-electron chi connectivity index (χ4n) is 2.02. The number of halogens is 1. The van der Waals surface area contributed by atoms with E-state index in [1.165, 1.54) is 6.07 Å². The molecule has 1 rings (SSSR count). The van der Waals surface area contributed by atoms with Crippen molar-refractivity contribution >= 4 is 5.96 Å². The standard InChI is InChI=1S/C17H28FN3O/c1-5-19-17(20-10-7-11-22-14(2)3)21(4)13-15-8-6-9-16(18)12-15/h6,8-9,12,14H,5,7,10-11,13H2,1-4H3,(H,19,20). The number of rotatable bonds is 8. The molecule has 124 valence electrons. The van der Waals surface area contributed by atoms with E-state index >= 15 is 0 Å². The van der Waals surface area contributed by atoms with Crippen LogP contribution >= 0.6 is 0 Å². The average Bonchev–Trinajstić information content (AvgIpc) is 2.45. The first kappa shape index (κ1) is 18.4. The first-order chi connectivity index (χ1) is 10.5. The minimum Gasteiger partial charge on any atom is -0.379 e. The summed E-state index contributed by atoms with van der Waals surface area (Å²) in [5, 5.41) is 3.26. The van der Waals surface area contributed by atoms with E-state index in [0.29, 0.717) is 19.7 Å². The lowest BCUT2D eigenvalue weighted by atomic mass is 10.2. The molecule has 0 heterocycles. The van der Waals surface area contributed by atoms with Crippen molar-refractivity contribution in [1.82, 2.24) is 10.2 Å². The van der Waals surface area contributed by atoms with Crippen LogP contribution in [0.1, 0.15) is 32.8 Å². The number of hydrogen-bond acceptors (Lipinski definition) is 2. The van der Waals surface area contributed by atoms with Crippen molar-refractivity contribution in [2.75, 3.05) is 26.7 Å². The van der Waals surface area contributed by atoms with Gasteiger partial charge in [0.25, 0.3) is 0 Å². The number of nitrogens with zero attached hydrogens (tertiary/aromatic N) is 2. The summed E-state index contributed by atoms with van der Waals surface area (Å²) in [6.07, 6.45) is 1.15. The van der Waals surface area contributed by atoms with Crippen LogP contribution in [0.5, 0.6) is 0 Å². The maximum atomic E-state index is 13.2. The van der Waals surface area contributed by atoms with Gasteiger partial charge in [0, 0.05) is 33.3 Å². The average molecular weight is 309 g/mol. The normalized spacial score (nSPS) is 11.8. The molecule has 0 aliphatic carbocycles. The van der Waals surface area contributed by atoms with E-state index < -0.39 is 0 Å². The highest BCUT2D eigenvalue weighted by molar-refractivity contribution is 5.79. The zero-order chi connectivity index (χ0) is 16.4. The molecular weight excluding hydrogens is 281 g/mol. The Balaban J connectivity index is 2.53. The Labute approximate surface area is 133 Å². The minimum atomic E-state index is -0.210. The SMILES string of the molecule is CCNC(=NCCCOC(C)C)N(C)Cc1cccc(F)c1. The van der Waals surface area contributed by atoms with Gasteiger partial charge in [0.05, 0.1) is 6.10 Å². The van der Waals surface area contributed by atoms with Crippen LogP contribution in [0.15, 0.2) is 29.3 Å². The van der Waals surface area contributed by atoms with Gasteiger partial charge in [-0.1, -0.05) is 12.1 Å². The number of nitrogens with one attached hydrogen (secondary N) is 1. The molecule has 0 aromatic heterocycles. The highest BCUT2D eigenvalue weighted by Gasteiger charge is 2.06. The summed E-state index contributed by atoms with van der Waals surface area (Å²) < 4.78 is 18.7. The van der Waals surface area contributed by atoms with Crippen LogP contribution in [0.25, 0.3) is 0 Å². The molecule has 0 fully saturated rings. The van der Waals surface area contributed by atoms with E-state index in [1.807, 2.05) is 38.8 Å². The lowest BCUT2D eigenvalue weighted by Crippen LogP contribution is -2.38. The van der Waals surface area contributed by atoms with E-state index in [9.17, 15) is 4.39 Å². The zero-order valence-electron chi connectivity index (χ0n) is 14.1. The van der Waals surface area contributed by atoms with Crippen LogP contribution in [0.3, 0.4) is 0 Å². The molecular formula is C17H28FN3O. The lowest BCUT2D eigenvalue weighted by molar-refractivity contribution is 0.0782. The van der Waals surface area contributed by atoms with E-state index in [2.05, 4.69) is 10.3 Å². The third kappa shape index (κ3) is 7.41. The Hall–Kier alpha value is -1.62. The molecule has 22 heavy (non-hydrogen) atoms. The highest BCUT2D eigenvalue weighted by atomic mass is 19.1. The smallest absolute Gasteiger partial charge is 0.193 e. The molecule has 0 aliphatic rings. The van der Waals surface area contributed by atoms with Crippen molar-refractivity contribution in [1.29, 1.82) is 0 Å². The maximum Gasteiger partial charge on any atom is 0.193 e. The van der Waals surface area contributed by atoms with Crippen molar-refractivity contribution in [3.63, 3.8) is 0 Å². The Morgan fingerprint density at radius 1 is 1.41 bits per heavy atom. The van der Waals surface area contributed by atoms with Gasteiger partial charge in [0.2, 0.25) is 0 Å². The molecule has 0 amide bonds. The Morgan fingerprint density at radius 3 is 2.82 bits per heavy atom. The van der Waals surface area contributed by atoms with Crippen molar-refractivity contribution in [3.05, 3.63) is 35.6 Å². The van der Waals surface area contributed by atoms with Crippen LogP contribution in [-0.2, 0) is 11.3 Å². The van der Waals surface area contributed by atoms with Crippen LogP contribution in [0.2, 0.25) is 0 Å². The third-order valence-electron chi connectivity index (χ3n) is 3.02. The van der Waals surface area contributed by atoms with Gasteiger partial charge in [0.1, 0.15) is 5.82 Å². The second-order valence-electron chi connectivity index (χ2n) is 5.49. The Kier molecular flexibility index (Phi) is 8.51. The molecule has 5 heteroatoms. The maximum absolute atomic E-state index is 13.2. The van der Waals surface area contributed by atoms with Crippen LogP contribution in [0, 0.1) is 5.82 Å². The lowest BCUT2D eigenvalue weighted by Gasteiger charge is -2.22. The largest absolute Gasteiger partial charge is 0.379 e. The van der Waals surface area contributed by atoms with Gasteiger partial charge in [-0.2, -0.15) is 0 Å². The fraction of sp³-hybridized carbons (Fsp3) is 0.588. The van der Waals surface area contributed by atoms with Gasteiger partial charge >= 0.3 is 0 Å². The summed E-state index contributed by atoms with van der Waals surface area (Å²) >= 11 is 0. The van der Waals surface area contributed by atoms with Gasteiger partial charge in [-0.25, -0.2) is 4.39 Å². The predicted octanol–water partition coefficient (Wildman–Crippen LogP) is 3.04. The first-order valence-electron chi connectivity index (χ1n) is 7.88. The summed E-state index contributed by atoms with van der Waals surface area (Å²) in [7, 11) is 1.96. The van der Waals surface area contributed by atoms with Crippen molar-refractivity contribution in [2.45, 2.75) is 39.8 Å². The van der Waals surface area contributed by atoms with Crippen molar-refractivity contribution in [2.24, 2.45) is 4.99 Å². The van der Waals surface area contributed by atoms with Gasteiger partial charge in [-0.05, 0) is 44.9 Å². The number of guanidine groups is 1. The molecule has 0 bridgehead atoms. The Bertz CT molecular complexity index is 463. The van der Waals surface area contributed by atoms with Crippen LogP contribution in [-0.4, -0.2) is 43.7 Å². The monoisotopic (exact) mass is 309 g/mol. The molecule has 0 unspecified atom stereocenters. The highest BCUT2D eigenvalue weighted by Crippen LogP contribution is 2.06. The first-order valence-corrected chi connectivity index (χ1v) is 7.88. The van der Waals surface area contributed by atoms with Gasteiger partial charge in [0.15, 0.2) is 5.96 Å². The van der Waals surface area contributed by atoms with Gasteiger partial charge in [-0.3, -0.25) is 4.99 Å². The molecule has 1 aromatic rings. The molecule has 0 saturated carbocycles. The topological polar surface area (TPSA) is 36.9 Å². The van der Waals surface area contributed by atoms with E-state index in [4.69, 9.17) is 4.74 Å². The van der Waals surface area contributed by atoms with Crippen LogP contribution < -0.4 is 5.32 Å². The van der Waals surface area contributed by atoms with Gasteiger partial charge < -0.3 is 15.0 Å². The quantitative estimate of drug-likeness (QED) is 0.455. The molecule has 1 N–H and O–H groups in total. The summed E-state index contributed by atoms with van der Waals surface area (Å²) in [4.78, 5) is 6.59. The number of benzene rings is 1. The summed E-state index contributed by atoms with van der Waals surface area (Å²) in [5.74, 6) is 0.620. The predicted molar refractivity (Wildman–Crippen MR) is 89.6 cm³/mol. The molecule has 1 aromatic carbocycles. The molecule has 0 atom stereocenters. The van der Waals surface area contributed by atoms with Crippen molar-refractivity contribution < 1.29 is 9.13 Å². The molecule has 0 radical (unpaired) electrons. The number of hydrogen-bond donors (Lipinski definition) is 1. The molecule has 0 saturated heterocycles. The summed E-state index contributed by atoms with van der Waals surface area (Å²) in [6, 6.07) is 6.65. The molecule has 0 aliphatic heterocycles. The number of aliphatic imine (C=N–C) groups is 1. The summed E-state index contributed by atoms with van der Waals surface area (Å²) in [6.45, 7) is 8.94. The third-order valence-corrected chi connectivity index (χ3v) is 3.02. The summed E-state index contributed by atoms with van der Waals surface area (Å²) in [5.41, 5.74) is 0.927. The van der Waals surface area contributed by atoms with E-state index in [-0.39, 0.29) is 11.9 Å². The zero-order valence-corrected chi connectivity index (χ0v) is 14.1. The van der Waals surface area contributed by atoms with Crippen molar-refractivity contribution in [3.8, 4) is 0 Å². The van der Waals surface area contributed by atoms with Gasteiger partial charge in [-0.15, -0.1) is 0 Å². The van der Waals surface area contributed by atoms with E-state index in [1.54, 1.807) is 12.1 Å². The second kappa shape index (κ2) is 10.2. The number of ether oxygens (including phenoxy) is 1. The van der Waals surface area contributed by atoms with Crippen LogP contribution in [0.4, 0.5) is 4.39 Å². The molecule has 4 nitrogen and oxygen atoms in total. The van der Waals surface area contributed by atoms with E-state index in [0.717, 1.165) is 24.5 Å². The molecule has 0 spiro atoms. The fourth-order valence-corrected chi connectivity index (χ4v) is 2.02. The minimum absolute atomic E-state index is 0.210. The Morgan fingerprint density at radius 2 is 2.18 bits per heavy atom.